The lowest BCUT2D eigenvalue weighted by Gasteiger charge is -2.42. The van der Waals surface area contributed by atoms with Gasteiger partial charge in [0.2, 0.25) is 0 Å². The highest BCUT2D eigenvalue weighted by Crippen LogP contribution is 2.30. The number of piperazine rings is 1. The summed E-state index contributed by atoms with van der Waals surface area (Å²) in [6.45, 7) is 6.60. The Morgan fingerprint density at radius 1 is 1.10 bits per heavy atom. The number of pyridine rings is 1. The average Bonchev–Trinajstić information content (AvgIpc) is 2.53. The topological polar surface area (TPSA) is 28.2 Å². The van der Waals surface area contributed by atoms with Crippen LogP contribution in [0.3, 0.4) is 0 Å². The van der Waals surface area contributed by atoms with Gasteiger partial charge >= 0.3 is 0 Å². The second kappa shape index (κ2) is 6.37. The number of hydrogen-bond acceptors (Lipinski definition) is 3. The van der Waals surface area contributed by atoms with E-state index in [0.717, 1.165) is 18.8 Å². The molecule has 3 atom stereocenters. The van der Waals surface area contributed by atoms with Crippen LogP contribution >= 0.6 is 0 Å². The number of hydrogen-bond donors (Lipinski definition) is 1. The Kier molecular flexibility index (Phi) is 4.32. The van der Waals surface area contributed by atoms with Crippen molar-refractivity contribution in [2.24, 2.45) is 0 Å². The van der Waals surface area contributed by atoms with E-state index >= 15 is 0 Å². The molecule has 1 aliphatic heterocycles. The summed E-state index contributed by atoms with van der Waals surface area (Å²) in [7, 11) is 0. The van der Waals surface area contributed by atoms with Gasteiger partial charge in [0.15, 0.2) is 0 Å². The molecule has 0 saturated carbocycles. The molecule has 2 heterocycles. The fourth-order valence-electron chi connectivity index (χ4n) is 3.11. The summed E-state index contributed by atoms with van der Waals surface area (Å²) < 4.78 is 0. The van der Waals surface area contributed by atoms with Gasteiger partial charge in [-0.3, -0.25) is 9.88 Å². The first-order chi connectivity index (χ1) is 10.3. The van der Waals surface area contributed by atoms with Gasteiger partial charge in [-0.1, -0.05) is 36.4 Å². The van der Waals surface area contributed by atoms with Crippen molar-refractivity contribution in [1.29, 1.82) is 0 Å². The minimum Gasteiger partial charge on any atom is -0.311 e. The zero-order chi connectivity index (χ0) is 14.7. The van der Waals surface area contributed by atoms with Crippen LogP contribution in [0.2, 0.25) is 0 Å². The summed E-state index contributed by atoms with van der Waals surface area (Å²) in [5, 5.41) is 3.56. The van der Waals surface area contributed by atoms with Crippen LogP contribution in [-0.2, 0) is 0 Å². The summed E-state index contributed by atoms with van der Waals surface area (Å²) in [6.07, 6.45) is 1.89. The molecule has 110 valence electrons. The lowest BCUT2D eigenvalue weighted by atomic mass is 9.97. The molecule has 0 bridgehead atoms. The Hall–Kier alpha value is -1.71. The van der Waals surface area contributed by atoms with E-state index in [1.807, 2.05) is 12.3 Å². The zero-order valence-electron chi connectivity index (χ0n) is 12.7. The highest BCUT2D eigenvalue weighted by atomic mass is 15.3. The van der Waals surface area contributed by atoms with Crippen molar-refractivity contribution >= 4 is 0 Å². The Morgan fingerprint density at radius 2 is 1.86 bits per heavy atom. The molecule has 1 saturated heterocycles. The number of nitrogens with zero attached hydrogens (tertiary/aromatic N) is 2. The molecule has 1 aromatic heterocycles. The first kappa shape index (κ1) is 14.2. The van der Waals surface area contributed by atoms with E-state index in [-0.39, 0.29) is 6.04 Å². The van der Waals surface area contributed by atoms with Gasteiger partial charge in [-0.2, -0.15) is 0 Å². The van der Waals surface area contributed by atoms with Gasteiger partial charge in [0.25, 0.3) is 0 Å². The standard InChI is InChI=1S/C18H23N3/c1-14-13-21(15(2)12-20-14)18(16-8-4-3-5-9-16)17-10-6-7-11-19-17/h3-11,14-15,18,20H,12-13H2,1-2H3. The third kappa shape index (κ3) is 3.14. The smallest absolute Gasteiger partial charge is 0.0779 e. The lowest BCUT2D eigenvalue weighted by Crippen LogP contribution is -2.55. The van der Waals surface area contributed by atoms with Crippen molar-refractivity contribution < 1.29 is 0 Å². The van der Waals surface area contributed by atoms with Gasteiger partial charge in [0.1, 0.15) is 0 Å². The highest BCUT2D eigenvalue weighted by molar-refractivity contribution is 5.28. The summed E-state index contributed by atoms with van der Waals surface area (Å²) >= 11 is 0. The van der Waals surface area contributed by atoms with Crippen molar-refractivity contribution in [3.05, 3.63) is 66.0 Å². The first-order valence-corrected chi connectivity index (χ1v) is 7.70. The van der Waals surface area contributed by atoms with Crippen LogP contribution in [-0.4, -0.2) is 35.1 Å². The Morgan fingerprint density at radius 3 is 2.57 bits per heavy atom. The summed E-state index contributed by atoms with van der Waals surface area (Å²) in [5.74, 6) is 0. The van der Waals surface area contributed by atoms with Crippen LogP contribution in [0, 0.1) is 0 Å². The van der Waals surface area contributed by atoms with Crippen molar-refractivity contribution in [2.45, 2.75) is 32.0 Å². The van der Waals surface area contributed by atoms with E-state index in [2.05, 4.69) is 71.5 Å². The van der Waals surface area contributed by atoms with E-state index in [4.69, 9.17) is 0 Å². The van der Waals surface area contributed by atoms with Gasteiger partial charge in [-0.05, 0) is 31.5 Å². The molecule has 2 aromatic rings. The van der Waals surface area contributed by atoms with Crippen LogP contribution in [0.5, 0.6) is 0 Å². The maximum atomic E-state index is 4.63. The molecule has 0 amide bonds. The molecule has 1 fully saturated rings. The molecule has 1 aromatic carbocycles. The first-order valence-electron chi connectivity index (χ1n) is 7.70. The fourth-order valence-corrected chi connectivity index (χ4v) is 3.11. The molecular weight excluding hydrogens is 258 g/mol. The average molecular weight is 281 g/mol. The molecule has 0 radical (unpaired) electrons. The van der Waals surface area contributed by atoms with E-state index in [9.17, 15) is 0 Å². The third-order valence-electron chi connectivity index (χ3n) is 4.23. The maximum Gasteiger partial charge on any atom is 0.0779 e. The Labute approximate surface area is 127 Å². The maximum absolute atomic E-state index is 4.63. The summed E-state index contributed by atoms with van der Waals surface area (Å²) in [6, 6.07) is 18.1. The number of benzene rings is 1. The highest BCUT2D eigenvalue weighted by Gasteiger charge is 2.31. The Balaban J connectivity index is 2.00. The molecule has 21 heavy (non-hydrogen) atoms. The summed E-state index contributed by atoms with van der Waals surface area (Å²) in [5.41, 5.74) is 2.45. The molecule has 0 aliphatic carbocycles. The number of aromatic nitrogens is 1. The monoisotopic (exact) mass is 281 g/mol. The normalized spacial score (nSPS) is 24.7. The zero-order valence-corrected chi connectivity index (χ0v) is 12.7. The fraction of sp³-hybridized carbons (Fsp3) is 0.389. The van der Waals surface area contributed by atoms with Crippen molar-refractivity contribution in [3.63, 3.8) is 0 Å². The van der Waals surface area contributed by atoms with E-state index in [1.54, 1.807) is 0 Å². The Bertz CT molecular complexity index is 516. The molecule has 3 unspecified atom stereocenters. The third-order valence-corrected chi connectivity index (χ3v) is 4.23. The molecule has 3 rings (SSSR count). The van der Waals surface area contributed by atoms with Gasteiger partial charge in [0.05, 0.1) is 11.7 Å². The molecule has 1 N–H and O–H groups in total. The summed E-state index contributed by atoms with van der Waals surface area (Å²) in [4.78, 5) is 7.20. The van der Waals surface area contributed by atoms with Crippen LogP contribution < -0.4 is 5.32 Å². The number of nitrogens with one attached hydrogen (secondary N) is 1. The van der Waals surface area contributed by atoms with Crippen molar-refractivity contribution in [2.75, 3.05) is 13.1 Å². The minimum absolute atomic E-state index is 0.229. The second-order valence-corrected chi connectivity index (χ2v) is 5.92. The molecular formula is C18H23N3. The van der Waals surface area contributed by atoms with Gasteiger partial charge in [-0.25, -0.2) is 0 Å². The quantitative estimate of drug-likeness (QED) is 0.937. The van der Waals surface area contributed by atoms with Gasteiger partial charge in [-0.15, -0.1) is 0 Å². The lowest BCUT2D eigenvalue weighted by molar-refractivity contribution is 0.111. The largest absolute Gasteiger partial charge is 0.311 e. The molecule has 0 spiro atoms. The van der Waals surface area contributed by atoms with Crippen LogP contribution in [0.25, 0.3) is 0 Å². The van der Waals surface area contributed by atoms with Crippen molar-refractivity contribution in [1.82, 2.24) is 15.2 Å². The van der Waals surface area contributed by atoms with Crippen LogP contribution in [0.1, 0.15) is 31.1 Å². The molecule has 1 aliphatic rings. The van der Waals surface area contributed by atoms with Crippen LogP contribution in [0.15, 0.2) is 54.7 Å². The predicted octanol–water partition coefficient (Wildman–Crippen LogP) is 2.85. The van der Waals surface area contributed by atoms with Crippen LogP contribution in [0.4, 0.5) is 0 Å². The van der Waals surface area contributed by atoms with E-state index in [1.165, 1.54) is 5.56 Å². The minimum atomic E-state index is 0.229. The van der Waals surface area contributed by atoms with Gasteiger partial charge in [0, 0.05) is 31.4 Å². The van der Waals surface area contributed by atoms with Gasteiger partial charge < -0.3 is 5.32 Å². The predicted molar refractivity (Wildman–Crippen MR) is 86.2 cm³/mol. The van der Waals surface area contributed by atoms with E-state index in [0.29, 0.717) is 12.1 Å². The number of rotatable bonds is 3. The SMILES string of the molecule is CC1CN(C(c2ccccc2)c2ccccn2)C(C)CN1. The van der Waals surface area contributed by atoms with E-state index < -0.39 is 0 Å². The second-order valence-electron chi connectivity index (χ2n) is 5.92. The molecule has 3 nitrogen and oxygen atoms in total. The molecule has 3 heteroatoms. The van der Waals surface area contributed by atoms with Crippen molar-refractivity contribution in [3.8, 4) is 0 Å².